The maximum atomic E-state index is 11.8. The lowest BCUT2D eigenvalue weighted by Crippen LogP contribution is -2.47. The fourth-order valence-electron chi connectivity index (χ4n) is 1.63. The summed E-state index contributed by atoms with van der Waals surface area (Å²) < 4.78 is 0.992. The van der Waals surface area contributed by atoms with Gasteiger partial charge in [-0.2, -0.15) is 0 Å². The lowest BCUT2D eigenvalue weighted by molar-refractivity contribution is -0.143. The normalized spacial score (nSPS) is 13.5. The number of nitrogens with one attached hydrogen (secondary N) is 2. The summed E-state index contributed by atoms with van der Waals surface area (Å²) in [5, 5.41) is 11.4. The van der Waals surface area contributed by atoms with E-state index < -0.39 is 29.2 Å². The highest BCUT2D eigenvalue weighted by Crippen LogP contribution is 2.07. The zero-order valence-electron chi connectivity index (χ0n) is 11.3. The molecule has 1 aromatic rings. The predicted molar refractivity (Wildman–Crippen MR) is 70.3 cm³/mol. The number of carbonyl (C=O) groups excluding carboxylic acids is 1. The maximum absolute atomic E-state index is 11.8. The van der Waals surface area contributed by atoms with Crippen molar-refractivity contribution in [3.05, 3.63) is 33.1 Å². The molecule has 1 aromatic heterocycles. The first-order chi connectivity index (χ1) is 9.35. The fraction of sp³-hybridized carbons (Fsp3) is 0.500. The number of aromatic nitrogens is 2. The smallest absolute Gasteiger partial charge is 0.328 e. The van der Waals surface area contributed by atoms with Crippen LogP contribution in [0.3, 0.4) is 0 Å². The first-order valence-electron chi connectivity index (χ1n) is 6.17. The summed E-state index contributed by atoms with van der Waals surface area (Å²) in [5.41, 5.74) is -1.28. The zero-order chi connectivity index (χ0) is 15.3. The van der Waals surface area contributed by atoms with Crippen molar-refractivity contribution in [3.8, 4) is 0 Å². The van der Waals surface area contributed by atoms with Gasteiger partial charge in [0, 0.05) is 12.3 Å². The summed E-state index contributed by atoms with van der Waals surface area (Å²) in [6, 6.07) is 0.101. The van der Waals surface area contributed by atoms with Crippen molar-refractivity contribution in [1.29, 1.82) is 0 Å². The molecule has 1 heterocycles. The lowest BCUT2D eigenvalue weighted by Gasteiger charge is -2.20. The number of hydrogen-bond donors (Lipinski definition) is 3. The van der Waals surface area contributed by atoms with Crippen LogP contribution in [0.1, 0.15) is 20.3 Å². The topological polar surface area (TPSA) is 121 Å². The van der Waals surface area contributed by atoms with E-state index in [1.165, 1.54) is 6.20 Å². The molecule has 0 spiro atoms. The number of hydrogen-bond acceptors (Lipinski definition) is 4. The fourth-order valence-corrected chi connectivity index (χ4v) is 1.63. The van der Waals surface area contributed by atoms with Crippen LogP contribution in [0.4, 0.5) is 0 Å². The molecule has 0 aliphatic carbocycles. The number of carboxylic acids is 1. The average molecular weight is 283 g/mol. The van der Waals surface area contributed by atoms with Crippen LogP contribution in [0.5, 0.6) is 0 Å². The largest absolute Gasteiger partial charge is 0.480 e. The van der Waals surface area contributed by atoms with E-state index in [-0.39, 0.29) is 12.5 Å². The molecule has 2 atom stereocenters. The van der Waals surface area contributed by atoms with E-state index in [1.807, 2.05) is 11.9 Å². The van der Waals surface area contributed by atoms with E-state index in [1.54, 1.807) is 6.92 Å². The first-order valence-corrected chi connectivity index (χ1v) is 6.17. The second-order valence-corrected chi connectivity index (χ2v) is 4.51. The molecule has 8 nitrogen and oxygen atoms in total. The van der Waals surface area contributed by atoms with E-state index in [0.29, 0.717) is 6.42 Å². The summed E-state index contributed by atoms with van der Waals surface area (Å²) >= 11 is 0. The van der Waals surface area contributed by atoms with Crippen molar-refractivity contribution in [2.24, 2.45) is 5.92 Å². The molecule has 20 heavy (non-hydrogen) atoms. The number of aliphatic carboxylic acids is 1. The molecule has 0 aliphatic rings. The molecule has 1 amide bonds. The molecule has 0 saturated heterocycles. The van der Waals surface area contributed by atoms with Gasteiger partial charge in [0.1, 0.15) is 12.6 Å². The third kappa shape index (κ3) is 4.08. The summed E-state index contributed by atoms with van der Waals surface area (Å²) in [7, 11) is 0. The minimum Gasteiger partial charge on any atom is -0.480 e. The quantitative estimate of drug-likeness (QED) is 0.628. The summed E-state index contributed by atoms with van der Waals surface area (Å²) in [5.74, 6) is -1.96. The monoisotopic (exact) mass is 283 g/mol. The van der Waals surface area contributed by atoms with Gasteiger partial charge in [0.25, 0.3) is 5.56 Å². The Labute approximate surface area is 114 Å². The molecule has 3 N–H and O–H groups in total. The van der Waals surface area contributed by atoms with Gasteiger partial charge in [-0.3, -0.25) is 19.1 Å². The molecular formula is C12H17N3O5. The summed E-state index contributed by atoms with van der Waals surface area (Å²) in [4.78, 5) is 47.1. The van der Waals surface area contributed by atoms with Crippen molar-refractivity contribution < 1.29 is 14.7 Å². The lowest BCUT2D eigenvalue weighted by atomic mass is 9.99. The number of carboxylic acid groups (broad SMARTS) is 1. The van der Waals surface area contributed by atoms with Gasteiger partial charge in [0.05, 0.1) is 0 Å². The number of carbonyl (C=O) groups is 2. The number of amides is 1. The van der Waals surface area contributed by atoms with Crippen LogP contribution < -0.4 is 16.6 Å². The molecule has 0 saturated carbocycles. The number of nitrogens with zero attached hydrogens (tertiary/aromatic N) is 1. The van der Waals surface area contributed by atoms with Crippen LogP contribution in [0.2, 0.25) is 0 Å². The number of H-pyrrole nitrogens is 1. The molecule has 1 rings (SSSR count). The SMILES string of the molecule is CC[C@H](C)[C@H](NC(=O)Cn1ccc(=O)[nH]c1=O)C(=O)O. The minimum atomic E-state index is -1.12. The Morgan fingerprint density at radius 2 is 2.10 bits per heavy atom. The Balaban J connectivity index is 2.78. The van der Waals surface area contributed by atoms with Crippen molar-refractivity contribution in [1.82, 2.24) is 14.9 Å². The Kier molecular flexibility index (Phi) is 5.24. The van der Waals surface area contributed by atoms with E-state index >= 15 is 0 Å². The highest BCUT2D eigenvalue weighted by Gasteiger charge is 2.25. The van der Waals surface area contributed by atoms with Crippen LogP contribution in [0.25, 0.3) is 0 Å². The van der Waals surface area contributed by atoms with E-state index in [4.69, 9.17) is 5.11 Å². The van der Waals surface area contributed by atoms with Crippen LogP contribution in [0.15, 0.2) is 21.9 Å². The van der Waals surface area contributed by atoms with E-state index in [0.717, 1.165) is 10.6 Å². The Morgan fingerprint density at radius 3 is 2.60 bits per heavy atom. The molecule has 0 fully saturated rings. The van der Waals surface area contributed by atoms with Gasteiger partial charge < -0.3 is 10.4 Å². The van der Waals surface area contributed by atoms with Crippen LogP contribution in [0, 0.1) is 5.92 Å². The Morgan fingerprint density at radius 1 is 1.45 bits per heavy atom. The first kappa shape index (κ1) is 15.7. The summed E-state index contributed by atoms with van der Waals surface area (Å²) in [6.45, 7) is 3.18. The molecule has 0 unspecified atom stereocenters. The molecule has 0 aliphatic heterocycles. The number of rotatable bonds is 6. The Bertz CT molecular complexity index is 604. The number of aromatic amines is 1. The van der Waals surface area contributed by atoms with Crippen molar-refractivity contribution >= 4 is 11.9 Å². The molecule has 0 aromatic carbocycles. The highest BCUT2D eigenvalue weighted by atomic mass is 16.4. The van der Waals surface area contributed by atoms with Crippen molar-refractivity contribution in [2.45, 2.75) is 32.9 Å². The van der Waals surface area contributed by atoms with E-state index in [2.05, 4.69) is 5.32 Å². The third-order valence-corrected chi connectivity index (χ3v) is 3.01. The van der Waals surface area contributed by atoms with Crippen molar-refractivity contribution in [3.63, 3.8) is 0 Å². The molecule has 0 bridgehead atoms. The molecular weight excluding hydrogens is 266 g/mol. The second-order valence-electron chi connectivity index (χ2n) is 4.51. The minimum absolute atomic E-state index is 0.233. The van der Waals surface area contributed by atoms with Gasteiger partial charge in [-0.25, -0.2) is 9.59 Å². The summed E-state index contributed by atoms with van der Waals surface area (Å²) in [6.07, 6.45) is 1.77. The standard InChI is InChI=1S/C12H17N3O5/c1-3-7(2)10(11(18)19)13-9(17)6-15-5-4-8(16)14-12(15)20/h4-5,7,10H,3,6H2,1-2H3,(H,13,17)(H,18,19)(H,14,16,20)/t7-,10-/m0/s1. The van der Waals surface area contributed by atoms with Gasteiger partial charge in [0.15, 0.2) is 0 Å². The molecule has 110 valence electrons. The van der Waals surface area contributed by atoms with Crippen LogP contribution >= 0.6 is 0 Å². The Hall–Kier alpha value is -2.38. The predicted octanol–water partition coefficient (Wildman–Crippen LogP) is -0.848. The average Bonchev–Trinajstić information content (AvgIpc) is 2.38. The van der Waals surface area contributed by atoms with Crippen LogP contribution in [-0.4, -0.2) is 32.6 Å². The van der Waals surface area contributed by atoms with Gasteiger partial charge in [-0.1, -0.05) is 20.3 Å². The third-order valence-electron chi connectivity index (χ3n) is 3.01. The van der Waals surface area contributed by atoms with Crippen LogP contribution in [-0.2, 0) is 16.1 Å². The second kappa shape index (κ2) is 6.69. The van der Waals surface area contributed by atoms with Gasteiger partial charge in [-0.15, -0.1) is 0 Å². The van der Waals surface area contributed by atoms with E-state index in [9.17, 15) is 19.2 Å². The van der Waals surface area contributed by atoms with Gasteiger partial charge >= 0.3 is 11.7 Å². The molecule has 0 radical (unpaired) electrons. The van der Waals surface area contributed by atoms with Gasteiger partial charge in [-0.05, 0) is 5.92 Å². The van der Waals surface area contributed by atoms with Crippen molar-refractivity contribution in [2.75, 3.05) is 0 Å². The van der Waals surface area contributed by atoms with Gasteiger partial charge in [0.2, 0.25) is 5.91 Å². The highest BCUT2D eigenvalue weighted by molar-refractivity contribution is 5.83. The maximum Gasteiger partial charge on any atom is 0.328 e. The zero-order valence-corrected chi connectivity index (χ0v) is 11.3. The molecule has 8 heteroatoms.